The maximum Gasteiger partial charge on any atom is 0.124 e. The summed E-state index contributed by atoms with van der Waals surface area (Å²) in [6.45, 7) is 4.98. The molecule has 1 aliphatic carbocycles. The molecular formula is C19H25N3O. The highest BCUT2D eigenvalue weighted by atomic mass is 16.5. The summed E-state index contributed by atoms with van der Waals surface area (Å²) in [6.07, 6.45) is 10.5. The lowest BCUT2D eigenvalue weighted by Gasteiger charge is -2.19. The molecule has 1 atom stereocenters. The SMILES string of the molecule is Cc1ccc(CN[C@H](C)c2cnccn2)c(OC2CCCC2)c1. The van der Waals surface area contributed by atoms with Crippen molar-refractivity contribution in [2.24, 2.45) is 0 Å². The lowest BCUT2D eigenvalue weighted by atomic mass is 10.1. The Labute approximate surface area is 138 Å². The van der Waals surface area contributed by atoms with Crippen LogP contribution in [-0.2, 0) is 6.54 Å². The molecule has 0 aliphatic heterocycles. The molecule has 122 valence electrons. The van der Waals surface area contributed by atoms with Crippen LogP contribution in [0.25, 0.3) is 0 Å². The predicted molar refractivity (Wildman–Crippen MR) is 91.3 cm³/mol. The molecule has 2 aromatic rings. The van der Waals surface area contributed by atoms with Crippen LogP contribution in [-0.4, -0.2) is 16.1 Å². The van der Waals surface area contributed by atoms with Crippen molar-refractivity contribution in [3.63, 3.8) is 0 Å². The van der Waals surface area contributed by atoms with Crippen LogP contribution in [0.15, 0.2) is 36.8 Å². The van der Waals surface area contributed by atoms with Gasteiger partial charge in [0.25, 0.3) is 0 Å². The summed E-state index contributed by atoms with van der Waals surface area (Å²) in [7, 11) is 0. The Morgan fingerprint density at radius 2 is 2.09 bits per heavy atom. The number of benzene rings is 1. The minimum absolute atomic E-state index is 0.157. The zero-order chi connectivity index (χ0) is 16.1. The third-order valence-electron chi connectivity index (χ3n) is 4.44. The highest BCUT2D eigenvalue weighted by molar-refractivity contribution is 5.37. The Morgan fingerprint density at radius 1 is 1.26 bits per heavy atom. The van der Waals surface area contributed by atoms with Crippen LogP contribution in [0.4, 0.5) is 0 Å². The summed E-state index contributed by atoms with van der Waals surface area (Å²) < 4.78 is 6.26. The van der Waals surface area contributed by atoms with E-state index >= 15 is 0 Å². The number of nitrogens with one attached hydrogen (secondary N) is 1. The molecule has 1 saturated carbocycles. The van der Waals surface area contributed by atoms with Crippen molar-refractivity contribution in [1.82, 2.24) is 15.3 Å². The molecule has 1 fully saturated rings. The molecule has 0 spiro atoms. The van der Waals surface area contributed by atoms with Gasteiger partial charge >= 0.3 is 0 Å². The van der Waals surface area contributed by atoms with Crippen LogP contribution in [0.1, 0.15) is 55.5 Å². The number of aromatic nitrogens is 2. The van der Waals surface area contributed by atoms with Gasteiger partial charge in [0.2, 0.25) is 0 Å². The van der Waals surface area contributed by atoms with Gasteiger partial charge in [-0.2, -0.15) is 0 Å². The van der Waals surface area contributed by atoms with Crippen LogP contribution in [0, 0.1) is 6.92 Å². The van der Waals surface area contributed by atoms with E-state index in [1.807, 2.05) is 6.20 Å². The molecule has 4 heteroatoms. The standard InChI is InChI=1S/C19H25N3O/c1-14-7-8-16(19(11-14)23-17-5-3-4-6-17)12-22-15(2)18-13-20-9-10-21-18/h7-11,13,15,17,22H,3-6,12H2,1-2H3/t15-/m1/s1. The summed E-state index contributed by atoms with van der Waals surface area (Å²) >= 11 is 0. The summed E-state index contributed by atoms with van der Waals surface area (Å²) in [5.41, 5.74) is 3.40. The maximum atomic E-state index is 6.26. The van der Waals surface area contributed by atoms with Gasteiger partial charge in [0.1, 0.15) is 5.75 Å². The van der Waals surface area contributed by atoms with E-state index in [0.717, 1.165) is 18.0 Å². The zero-order valence-electron chi connectivity index (χ0n) is 14.0. The number of aryl methyl sites for hydroxylation is 1. The minimum Gasteiger partial charge on any atom is -0.490 e. The number of hydrogen-bond donors (Lipinski definition) is 1. The number of nitrogens with zero attached hydrogens (tertiary/aromatic N) is 2. The zero-order valence-corrected chi connectivity index (χ0v) is 14.0. The largest absolute Gasteiger partial charge is 0.490 e. The molecule has 0 bridgehead atoms. The molecule has 0 unspecified atom stereocenters. The van der Waals surface area contributed by atoms with Crippen molar-refractivity contribution in [1.29, 1.82) is 0 Å². The second kappa shape index (κ2) is 7.55. The second-order valence-corrected chi connectivity index (χ2v) is 6.37. The van der Waals surface area contributed by atoms with E-state index in [1.54, 1.807) is 12.4 Å². The molecule has 0 radical (unpaired) electrons. The molecular weight excluding hydrogens is 286 g/mol. The van der Waals surface area contributed by atoms with Gasteiger partial charge in [-0.15, -0.1) is 0 Å². The Hall–Kier alpha value is -1.94. The third-order valence-corrected chi connectivity index (χ3v) is 4.44. The highest BCUT2D eigenvalue weighted by Crippen LogP contribution is 2.28. The van der Waals surface area contributed by atoms with Crippen molar-refractivity contribution in [3.05, 3.63) is 53.6 Å². The lowest BCUT2D eigenvalue weighted by Crippen LogP contribution is -2.20. The van der Waals surface area contributed by atoms with Crippen molar-refractivity contribution >= 4 is 0 Å². The van der Waals surface area contributed by atoms with Gasteiger partial charge in [-0.1, -0.05) is 12.1 Å². The molecule has 0 amide bonds. The average molecular weight is 311 g/mol. The summed E-state index contributed by atoms with van der Waals surface area (Å²) in [5.74, 6) is 1.02. The topological polar surface area (TPSA) is 47.0 Å². The molecule has 3 rings (SSSR count). The van der Waals surface area contributed by atoms with Gasteiger partial charge in [-0.05, 0) is 51.2 Å². The van der Waals surface area contributed by atoms with E-state index < -0.39 is 0 Å². The van der Waals surface area contributed by atoms with E-state index in [0.29, 0.717) is 6.10 Å². The molecule has 1 aromatic carbocycles. The second-order valence-electron chi connectivity index (χ2n) is 6.37. The fraction of sp³-hybridized carbons (Fsp3) is 0.474. The molecule has 1 heterocycles. The van der Waals surface area contributed by atoms with Crippen LogP contribution in [0.3, 0.4) is 0 Å². The Kier molecular flexibility index (Phi) is 5.23. The lowest BCUT2D eigenvalue weighted by molar-refractivity contribution is 0.207. The normalized spacial score (nSPS) is 16.4. The quantitative estimate of drug-likeness (QED) is 0.877. The first kappa shape index (κ1) is 15.9. The summed E-state index contributed by atoms with van der Waals surface area (Å²) in [5, 5.41) is 3.52. The fourth-order valence-corrected chi connectivity index (χ4v) is 3.01. The Bertz CT molecular complexity index is 624. The number of rotatable bonds is 6. The van der Waals surface area contributed by atoms with E-state index in [4.69, 9.17) is 4.74 Å². The first-order valence-electron chi connectivity index (χ1n) is 8.48. The Balaban J connectivity index is 1.66. The molecule has 4 nitrogen and oxygen atoms in total. The van der Waals surface area contributed by atoms with E-state index in [1.165, 1.54) is 36.8 Å². The smallest absolute Gasteiger partial charge is 0.124 e. The van der Waals surface area contributed by atoms with Crippen LogP contribution >= 0.6 is 0 Å². The van der Waals surface area contributed by atoms with Crippen LogP contribution in [0.2, 0.25) is 0 Å². The highest BCUT2D eigenvalue weighted by Gasteiger charge is 2.18. The number of ether oxygens (including phenoxy) is 1. The van der Waals surface area contributed by atoms with Gasteiger partial charge in [-0.25, -0.2) is 0 Å². The minimum atomic E-state index is 0.157. The maximum absolute atomic E-state index is 6.26. The van der Waals surface area contributed by atoms with Crippen LogP contribution < -0.4 is 10.1 Å². The van der Waals surface area contributed by atoms with Crippen molar-refractivity contribution in [3.8, 4) is 5.75 Å². The molecule has 0 saturated heterocycles. The molecule has 1 N–H and O–H groups in total. The van der Waals surface area contributed by atoms with E-state index in [2.05, 4.69) is 47.3 Å². The van der Waals surface area contributed by atoms with Gasteiger partial charge < -0.3 is 10.1 Å². The average Bonchev–Trinajstić information content (AvgIpc) is 3.08. The van der Waals surface area contributed by atoms with Crippen molar-refractivity contribution < 1.29 is 4.74 Å². The first-order chi connectivity index (χ1) is 11.2. The molecule has 1 aliphatic rings. The van der Waals surface area contributed by atoms with Gasteiger partial charge in [0.05, 0.1) is 11.8 Å². The van der Waals surface area contributed by atoms with E-state index in [-0.39, 0.29) is 6.04 Å². The molecule has 23 heavy (non-hydrogen) atoms. The summed E-state index contributed by atoms with van der Waals surface area (Å²) in [4.78, 5) is 8.49. The van der Waals surface area contributed by atoms with E-state index in [9.17, 15) is 0 Å². The summed E-state index contributed by atoms with van der Waals surface area (Å²) in [6, 6.07) is 6.62. The van der Waals surface area contributed by atoms with Crippen LogP contribution in [0.5, 0.6) is 5.75 Å². The predicted octanol–water partition coefficient (Wildman–Crippen LogP) is 3.96. The van der Waals surface area contributed by atoms with Crippen molar-refractivity contribution in [2.75, 3.05) is 0 Å². The first-order valence-corrected chi connectivity index (χ1v) is 8.48. The fourth-order valence-electron chi connectivity index (χ4n) is 3.01. The Morgan fingerprint density at radius 3 is 2.83 bits per heavy atom. The van der Waals surface area contributed by atoms with Crippen molar-refractivity contribution in [2.45, 2.75) is 58.2 Å². The van der Waals surface area contributed by atoms with Gasteiger partial charge in [-0.3, -0.25) is 9.97 Å². The monoisotopic (exact) mass is 311 g/mol. The molecule has 1 aromatic heterocycles. The van der Waals surface area contributed by atoms with Gasteiger partial charge in [0.15, 0.2) is 0 Å². The van der Waals surface area contributed by atoms with Gasteiger partial charge in [0, 0.05) is 36.7 Å². The third kappa shape index (κ3) is 4.29. The number of hydrogen-bond acceptors (Lipinski definition) is 4.